The molecule has 1 saturated carbocycles. The van der Waals surface area contributed by atoms with Gasteiger partial charge >= 0.3 is 0 Å². The Morgan fingerprint density at radius 1 is 1.06 bits per heavy atom. The van der Waals surface area contributed by atoms with E-state index in [1.807, 2.05) is 25.1 Å². The van der Waals surface area contributed by atoms with E-state index < -0.39 is 10.0 Å². The summed E-state index contributed by atoms with van der Waals surface area (Å²) in [5.41, 5.74) is 3.32. The molecular formula is C23H30N4O3S. The average Bonchev–Trinajstić information content (AvgIpc) is 3.56. The van der Waals surface area contributed by atoms with Crippen molar-refractivity contribution in [2.24, 2.45) is 0 Å². The SMILES string of the molecule is Cc1ccc(S(=O)(=O)NC2CC2)cc1C(=O)NCc1ccccc1N1CCN(C)CC1. The summed E-state index contributed by atoms with van der Waals surface area (Å²) in [4.78, 5) is 17.7. The number of anilines is 1. The van der Waals surface area contributed by atoms with Crippen LogP contribution in [0.15, 0.2) is 47.4 Å². The van der Waals surface area contributed by atoms with Crippen LogP contribution in [0.1, 0.15) is 34.3 Å². The number of nitrogens with one attached hydrogen (secondary N) is 2. The predicted molar refractivity (Wildman–Crippen MR) is 122 cm³/mol. The molecule has 2 N–H and O–H groups in total. The predicted octanol–water partition coefficient (Wildman–Crippen LogP) is 2.12. The second kappa shape index (κ2) is 8.98. The minimum Gasteiger partial charge on any atom is -0.369 e. The zero-order valence-electron chi connectivity index (χ0n) is 18.1. The van der Waals surface area contributed by atoms with E-state index in [-0.39, 0.29) is 16.8 Å². The van der Waals surface area contributed by atoms with Crippen LogP contribution in [0.4, 0.5) is 5.69 Å². The minimum absolute atomic E-state index is 0.0228. The number of sulfonamides is 1. The fourth-order valence-corrected chi connectivity index (χ4v) is 5.12. The first-order chi connectivity index (χ1) is 14.8. The van der Waals surface area contributed by atoms with Gasteiger partial charge in [-0.1, -0.05) is 24.3 Å². The van der Waals surface area contributed by atoms with Crippen LogP contribution in [-0.2, 0) is 16.6 Å². The van der Waals surface area contributed by atoms with E-state index >= 15 is 0 Å². The van der Waals surface area contributed by atoms with Crippen LogP contribution in [0.2, 0.25) is 0 Å². The Labute approximate surface area is 184 Å². The maximum Gasteiger partial charge on any atom is 0.251 e. The number of hydrogen-bond acceptors (Lipinski definition) is 5. The molecule has 2 aromatic rings. The third kappa shape index (κ3) is 5.26. The summed E-state index contributed by atoms with van der Waals surface area (Å²) in [6, 6.07) is 12.9. The highest BCUT2D eigenvalue weighted by atomic mass is 32.2. The van der Waals surface area contributed by atoms with Gasteiger partial charge in [0.1, 0.15) is 0 Å². The Bertz CT molecular complexity index is 1060. The topological polar surface area (TPSA) is 81.7 Å². The Balaban J connectivity index is 1.48. The standard InChI is InChI=1S/C23H30N4O3S/c1-17-7-10-20(31(29,30)25-19-8-9-19)15-21(17)23(28)24-16-18-5-3-4-6-22(18)27-13-11-26(2)12-14-27/h3-7,10,15,19,25H,8-9,11-14,16H2,1-2H3,(H,24,28). The maximum absolute atomic E-state index is 12.9. The van der Waals surface area contributed by atoms with Crippen molar-refractivity contribution in [3.05, 3.63) is 59.2 Å². The molecule has 0 spiro atoms. The monoisotopic (exact) mass is 442 g/mol. The van der Waals surface area contributed by atoms with E-state index in [4.69, 9.17) is 0 Å². The van der Waals surface area contributed by atoms with Crippen molar-refractivity contribution in [1.82, 2.24) is 14.9 Å². The molecule has 1 aliphatic carbocycles. The Morgan fingerprint density at radius 3 is 2.48 bits per heavy atom. The molecule has 2 fully saturated rings. The largest absolute Gasteiger partial charge is 0.369 e. The molecule has 2 aromatic carbocycles. The number of rotatable bonds is 7. The first kappa shape index (κ1) is 21.8. The lowest BCUT2D eigenvalue weighted by Gasteiger charge is -2.35. The molecule has 1 aliphatic heterocycles. The highest BCUT2D eigenvalue weighted by Crippen LogP contribution is 2.24. The van der Waals surface area contributed by atoms with E-state index in [0.29, 0.717) is 12.1 Å². The zero-order chi connectivity index (χ0) is 22.0. The number of nitrogens with zero attached hydrogens (tertiary/aromatic N) is 2. The second-order valence-corrected chi connectivity index (χ2v) is 10.2. The quantitative estimate of drug-likeness (QED) is 0.687. The first-order valence-corrected chi connectivity index (χ1v) is 12.2. The maximum atomic E-state index is 12.9. The molecule has 0 bridgehead atoms. The van der Waals surface area contributed by atoms with Crippen LogP contribution >= 0.6 is 0 Å². The number of hydrogen-bond donors (Lipinski definition) is 2. The molecule has 8 heteroatoms. The number of carbonyl (C=O) groups is 1. The van der Waals surface area contributed by atoms with Crippen molar-refractivity contribution in [1.29, 1.82) is 0 Å². The smallest absolute Gasteiger partial charge is 0.251 e. The molecule has 31 heavy (non-hydrogen) atoms. The van der Waals surface area contributed by atoms with E-state index in [1.54, 1.807) is 12.1 Å². The van der Waals surface area contributed by atoms with Crippen molar-refractivity contribution < 1.29 is 13.2 Å². The van der Waals surface area contributed by atoms with Gasteiger partial charge in [-0.05, 0) is 56.1 Å². The first-order valence-electron chi connectivity index (χ1n) is 10.8. The number of carbonyl (C=O) groups excluding carboxylic acids is 1. The third-order valence-corrected chi connectivity index (χ3v) is 7.46. The lowest BCUT2D eigenvalue weighted by molar-refractivity contribution is 0.0950. The molecule has 1 heterocycles. The average molecular weight is 443 g/mol. The highest BCUT2D eigenvalue weighted by molar-refractivity contribution is 7.89. The molecule has 7 nitrogen and oxygen atoms in total. The molecule has 0 atom stereocenters. The number of amides is 1. The van der Waals surface area contributed by atoms with Crippen LogP contribution < -0.4 is 14.9 Å². The zero-order valence-corrected chi connectivity index (χ0v) is 18.9. The van der Waals surface area contributed by atoms with Crippen LogP contribution in [0.25, 0.3) is 0 Å². The Kier molecular flexibility index (Phi) is 6.31. The van der Waals surface area contributed by atoms with E-state index in [9.17, 15) is 13.2 Å². The van der Waals surface area contributed by atoms with Gasteiger partial charge in [0.25, 0.3) is 5.91 Å². The van der Waals surface area contributed by atoms with Crippen LogP contribution in [0.3, 0.4) is 0 Å². The number of aryl methyl sites for hydroxylation is 1. The normalized spacial score (nSPS) is 17.5. The second-order valence-electron chi connectivity index (χ2n) is 8.47. The van der Waals surface area contributed by atoms with Gasteiger partial charge in [-0.15, -0.1) is 0 Å². The summed E-state index contributed by atoms with van der Waals surface area (Å²) in [5, 5.41) is 2.98. The van der Waals surface area contributed by atoms with Gasteiger partial charge in [0.15, 0.2) is 0 Å². The molecule has 0 aromatic heterocycles. The fourth-order valence-electron chi connectivity index (χ4n) is 3.79. The van der Waals surface area contributed by atoms with E-state index in [2.05, 4.69) is 33.0 Å². The van der Waals surface area contributed by atoms with Crippen LogP contribution in [-0.4, -0.2) is 58.5 Å². The molecule has 0 unspecified atom stereocenters. The number of likely N-dealkylation sites (N-methyl/N-ethyl adjacent to an activating group) is 1. The Hall–Kier alpha value is -2.42. The lowest BCUT2D eigenvalue weighted by Crippen LogP contribution is -2.45. The fraction of sp³-hybridized carbons (Fsp3) is 0.435. The van der Waals surface area contributed by atoms with Crippen LogP contribution in [0, 0.1) is 6.92 Å². The van der Waals surface area contributed by atoms with Gasteiger partial charge in [-0.25, -0.2) is 13.1 Å². The third-order valence-electron chi connectivity index (χ3n) is 5.94. The highest BCUT2D eigenvalue weighted by Gasteiger charge is 2.28. The van der Waals surface area contributed by atoms with Gasteiger partial charge in [0, 0.05) is 50.0 Å². The van der Waals surface area contributed by atoms with Gasteiger partial charge in [-0.3, -0.25) is 4.79 Å². The molecule has 4 rings (SSSR count). The van der Waals surface area contributed by atoms with Gasteiger partial charge in [-0.2, -0.15) is 0 Å². The summed E-state index contributed by atoms with van der Waals surface area (Å²) < 4.78 is 27.7. The van der Waals surface area contributed by atoms with Gasteiger partial charge in [0.05, 0.1) is 4.90 Å². The minimum atomic E-state index is -3.60. The summed E-state index contributed by atoms with van der Waals surface area (Å²) in [7, 11) is -1.48. The van der Waals surface area contributed by atoms with E-state index in [1.165, 1.54) is 6.07 Å². The Morgan fingerprint density at radius 2 is 1.77 bits per heavy atom. The van der Waals surface area contributed by atoms with Crippen LogP contribution in [0.5, 0.6) is 0 Å². The van der Waals surface area contributed by atoms with Crippen molar-refractivity contribution >= 4 is 21.6 Å². The molecule has 1 amide bonds. The van der Waals surface area contributed by atoms with Gasteiger partial charge in [0.2, 0.25) is 10.0 Å². The molecule has 1 saturated heterocycles. The summed E-state index contributed by atoms with van der Waals surface area (Å²) in [5.74, 6) is -0.269. The van der Waals surface area contributed by atoms with E-state index in [0.717, 1.165) is 55.8 Å². The lowest BCUT2D eigenvalue weighted by atomic mass is 10.1. The van der Waals surface area contributed by atoms with Crippen molar-refractivity contribution in [3.8, 4) is 0 Å². The molecule has 166 valence electrons. The van der Waals surface area contributed by atoms with Gasteiger partial charge < -0.3 is 15.1 Å². The summed E-state index contributed by atoms with van der Waals surface area (Å²) in [6.07, 6.45) is 1.73. The number of para-hydroxylation sites is 1. The van der Waals surface area contributed by atoms with Crippen molar-refractivity contribution in [2.75, 3.05) is 38.1 Å². The number of piperazine rings is 1. The summed E-state index contributed by atoms with van der Waals surface area (Å²) >= 11 is 0. The molecule has 2 aliphatic rings. The van der Waals surface area contributed by atoms with Crippen molar-refractivity contribution in [3.63, 3.8) is 0 Å². The summed E-state index contributed by atoms with van der Waals surface area (Å²) in [6.45, 7) is 6.13. The van der Waals surface area contributed by atoms with Crippen molar-refractivity contribution in [2.45, 2.75) is 37.2 Å². The number of benzene rings is 2. The molecular weight excluding hydrogens is 412 g/mol. The molecule has 0 radical (unpaired) electrons.